The highest BCUT2D eigenvalue weighted by Crippen LogP contribution is 2.38. The Bertz CT molecular complexity index is 814. The summed E-state index contributed by atoms with van der Waals surface area (Å²) >= 11 is 0. The van der Waals surface area contributed by atoms with Gasteiger partial charge >= 0.3 is 11.9 Å². The number of likely N-dealkylation sites (N-methyl/N-ethyl adjacent to an activating group) is 1. The van der Waals surface area contributed by atoms with E-state index in [2.05, 4.69) is 26.0 Å². The number of quaternary nitrogens is 1. The molecule has 0 heterocycles. The van der Waals surface area contributed by atoms with Crippen molar-refractivity contribution in [3.8, 4) is 0 Å². The molecule has 0 saturated heterocycles. The van der Waals surface area contributed by atoms with Crippen LogP contribution in [0.3, 0.4) is 0 Å². The molecule has 0 aromatic carbocycles. The highest BCUT2D eigenvalue weighted by Gasteiger charge is 2.21. The first-order valence-electron chi connectivity index (χ1n) is 18.4. The Morgan fingerprint density at radius 2 is 1.11 bits per heavy atom. The Morgan fingerprint density at radius 1 is 0.652 bits per heavy atom. The largest absolute Gasteiger partial charge is 0.756 e. The summed E-state index contributed by atoms with van der Waals surface area (Å²) in [6, 6.07) is 0. The average Bonchev–Trinajstić information content (AvgIpc) is 2.99. The van der Waals surface area contributed by atoms with E-state index in [1.807, 2.05) is 21.1 Å². The van der Waals surface area contributed by atoms with E-state index in [1.165, 1.54) is 64.2 Å². The van der Waals surface area contributed by atoms with Gasteiger partial charge in [-0.05, 0) is 38.5 Å². The first kappa shape index (κ1) is 44.8. The van der Waals surface area contributed by atoms with Gasteiger partial charge in [0.05, 0.1) is 27.7 Å². The monoisotopic (exact) mass is 675 g/mol. The Hall–Kier alpha value is -1.25. The first-order chi connectivity index (χ1) is 22.0. The second kappa shape index (κ2) is 29.9. The van der Waals surface area contributed by atoms with Crippen LogP contribution in [0.5, 0.6) is 0 Å². The lowest BCUT2D eigenvalue weighted by Gasteiger charge is -2.28. The minimum absolute atomic E-state index is 0.0302. The van der Waals surface area contributed by atoms with Gasteiger partial charge < -0.3 is 27.9 Å². The van der Waals surface area contributed by atoms with E-state index in [0.29, 0.717) is 17.4 Å². The molecule has 0 fully saturated rings. The number of hydrogen-bond donors (Lipinski definition) is 0. The molecule has 10 heteroatoms. The number of allylic oxidation sites excluding steroid dienone is 2. The molecule has 0 aromatic rings. The number of esters is 2. The average molecular weight is 676 g/mol. The second-order valence-corrected chi connectivity index (χ2v) is 15.0. The standard InChI is InChI=1S/C36H70NO8P/c1-6-8-10-12-14-15-16-17-18-19-20-21-22-23-25-27-29-36(39)45-34(32-42-35(38)28-26-24-13-11-9-7-2)33-44-46(40,41)43-31-30-37(3,4)5/h18-19,34H,6-17,20-33H2,1-5H3/b19-18-. The maximum Gasteiger partial charge on any atom is 0.306 e. The molecular formula is C36H70NO8P. The summed E-state index contributed by atoms with van der Waals surface area (Å²) in [6.07, 6.45) is 26.9. The van der Waals surface area contributed by atoms with E-state index in [1.54, 1.807) is 0 Å². The minimum Gasteiger partial charge on any atom is -0.756 e. The number of phosphoric ester groups is 1. The van der Waals surface area contributed by atoms with E-state index in [9.17, 15) is 19.0 Å². The van der Waals surface area contributed by atoms with Crippen molar-refractivity contribution < 1.29 is 42.1 Å². The van der Waals surface area contributed by atoms with Crippen LogP contribution in [-0.4, -0.2) is 70.0 Å². The molecule has 0 bridgehead atoms. The molecule has 0 N–H and O–H groups in total. The van der Waals surface area contributed by atoms with Gasteiger partial charge in [-0.3, -0.25) is 14.2 Å². The third-order valence-corrected chi connectivity index (χ3v) is 8.75. The number of phosphoric acid groups is 1. The molecule has 0 amide bonds. The summed E-state index contributed by atoms with van der Waals surface area (Å²) in [5, 5.41) is 0. The first-order valence-corrected chi connectivity index (χ1v) is 19.9. The van der Waals surface area contributed by atoms with E-state index < -0.39 is 32.5 Å². The third kappa shape index (κ3) is 32.7. The molecule has 272 valence electrons. The summed E-state index contributed by atoms with van der Waals surface area (Å²) in [4.78, 5) is 37.0. The number of carbonyl (C=O) groups is 2. The highest BCUT2D eigenvalue weighted by molar-refractivity contribution is 7.45. The van der Waals surface area contributed by atoms with Crippen LogP contribution < -0.4 is 4.89 Å². The van der Waals surface area contributed by atoms with Gasteiger partial charge in [0.2, 0.25) is 0 Å². The van der Waals surface area contributed by atoms with Crippen molar-refractivity contribution in [3.63, 3.8) is 0 Å². The molecule has 0 rings (SSSR count). The summed E-state index contributed by atoms with van der Waals surface area (Å²) in [5.41, 5.74) is 0. The number of rotatable bonds is 33. The topological polar surface area (TPSA) is 111 Å². The Labute approximate surface area is 282 Å². The summed E-state index contributed by atoms with van der Waals surface area (Å²) in [5.74, 6) is -0.853. The van der Waals surface area contributed by atoms with Crippen molar-refractivity contribution in [2.75, 3.05) is 47.5 Å². The van der Waals surface area contributed by atoms with Crippen LogP contribution in [0.15, 0.2) is 12.2 Å². The van der Waals surface area contributed by atoms with E-state index in [4.69, 9.17) is 18.5 Å². The van der Waals surface area contributed by atoms with Gasteiger partial charge in [-0.15, -0.1) is 0 Å². The smallest absolute Gasteiger partial charge is 0.306 e. The van der Waals surface area contributed by atoms with Crippen LogP contribution in [0.1, 0.15) is 155 Å². The molecule has 2 atom stereocenters. The van der Waals surface area contributed by atoms with Crippen LogP contribution in [0, 0.1) is 0 Å². The van der Waals surface area contributed by atoms with Crippen LogP contribution in [0.2, 0.25) is 0 Å². The van der Waals surface area contributed by atoms with Crippen molar-refractivity contribution in [2.24, 2.45) is 0 Å². The van der Waals surface area contributed by atoms with Gasteiger partial charge in [0.25, 0.3) is 7.82 Å². The molecule has 46 heavy (non-hydrogen) atoms. The number of hydrogen-bond acceptors (Lipinski definition) is 8. The molecule has 0 aliphatic heterocycles. The molecular weight excluding hydrogens is 605 g/mol. The number of ether oxygens (including phenoxy) is 2. The molecule has 9 nitrogen and oxygen atoms in total. The quantitative estimate of drug-likeness (QED) is 0.0223. The summed E-state index contributed by atoms with van der Waals surface area (Å²) in [7, 11) is 1.16. The Kier molecular flexibility index (Phi) is 29.0. The number of nitrogens with zero attached hydrogens (tertiary/aromatic N) is 1. The van der Waals surface area contributed by atoms with Crippen LogP contribution in [0.25, 0.3) is 0 Å². The molecule has 0 radical (unpaired) electrons. The lowest BCUT2D eigenvalue weighted by molar-refractivity contribution is -0.870. The fourth-order valence-corrected chi connectivity index (χ4v) is 5.55. The van der Waals surface area contributed by atoms with Crippen molar-refractivity contribution in [2.45, 2.75) is 161 Å². The maximum absolute atomic E-state index is 12.5. The van der Waals surface area contributed by atoms with Crippen molar-refractivity contribution in [1.82, 2.24) is 0 Å². The van der Waals surface area contributed by atoms with Crippen molar-refractivity contribution >= 4 is 19.8 Å². The predicted octanol–water partition coefficient (Wildman–Crippen LogP) is 8.83. The minimum atomic E-state index is -4.61. The highest BCUT2D eigenvalue weighted by atomic mass is 31.2. The number of carbonyl (C=O) groups excluding carboxylic acids is 2. The zero-order chi connectivity index (χ0) is 34.4. The van der Waals surface area contributed by atoms with E-state index >= 15 is 0 Å². The van der Waals surface area contributed by atoms with E-state index in [-0.39, 0.29) is 26.1 Å². The zero-order valence-electron chi connectivity index (χ0n) is 30.3. The van der Waals surface area contributed by atoms with Crippen LogP contribution in [-0.2, 0) is 32.7 Å². The normalized spacial score (nSPS) is 14.0. The molecule has 0 aromatic heterocycles. The molecule has 0 spiro atoms. The van der Waals surface area contributed by atoms with Gasteiger partial charge in [0.15, 0.2) is 6.10 Å². The van der Waals surface area contributed by atoms with Gasteiger partial charge in [0, 0.05) is 12.8 Å². The maximum atomic E-state index is 12.5. The molecule has 2 unspecified atom stereocenters. The van der Waals surface area contributed by atoms with Crippen molar-refractivity contribution in [3.05, 3.63) is 12.2 Å². The fraction of sp³-hybridized carbons (Fsp3) is 0.889. The Balaban J connectivity index is 4.37. The molecule has 0 saturated carbocycles. The van der Waals surface area contributed by atoms with Gasteiger partial charge in [-0.2, -0.15) is 0 Å². The third-order valence-electron chi connectivity index (χ3n) is 7.79. The molecule has 0 aliphatic rings. The second-order valence-electron chi connectivity index (χ2n) is 13.6. The van der Waals surface area contributed by atoms with Gasteiger partial charge in [0.1, 0.15) is 19.8 Å². The predicted molar refractivity (Wildman–Crippen MR) is 185 cm³/mol. The van der Waals surface area contributed by atoms with Gasteiger partial charge in [-0.25, -0.2) is 0 Å². The lowest BCUT2D eigenvalue weighted by Crippen LogP contribution is -2.37. The SMILES string of the molecule is CCCCCCCCC/C=C\CCCCCCCC(=O)OC(COC(=O)CCCCCCCC)COP(=O)([O-])OCC[N+](C)(C)C. The van der Waals surface area contributed by atoms with Crippen LogP contribution >= 0.6 is 7.82 Å². The zero-order valence-corrected chi connectivity index (χ0v) is 31.2. The van der Waals surface area contributed by atoms with Gasteiger partial charge in [-0.1, -0.05) is 116 Å². The van der Waals surface area contributed by atoms with Crippen LogP contribution in [0.4, 0.5) is 0 Å². The summed E-state index contributed by atoms with van der Waals surface area (Å²) < 4.78 is 33.6. The Morgan fingerprint density at radius 3 is 1.61 bits per heavy atom. The molecule has 0 aliphatic carbocycles. The number of unbranched alkanes of at least 4 members (excludes halogenated alkanes) is 17. The lowest BCUT2D eigenvalue weighted by atomic mass is 10.1. The van der Waals surface area contributed by atoms with E-state index in [0.717, 1.165) is 57.8 Å². The summed E-state index contributed by atoms with van der Waals surface area (Å²) in [6.45, 7) is 4.13. The fourth-order valence-electron chi connectivity index (χ4n) is 4.82. The van der Waals surface area contributed by atoms with Crippen molar-refractivity contribution in [1.29, 1.82) is 0 Å².